The zero-order chi connectivity index (χ0) is 39.7. The van der Waals surface area contributed by atoms with Crippen LogP contribution in [-0.2, 0) is 37.9 Å². The van der Waals surface area contributed by atoms with Crippen molar-refractivity contribution in [3.63, 3.8) is 0 Å². The minimum Gasteiger partial charge on any atom is -0.394 e. The summed E-state index contributed by atoms with van der Waals surface area (Å²) in [6, 6.07) is 0. The summed E-state index contributed by atoms with van der Waals surface area (Å²) in [4.78, 5) is 0. The van der Waals surface area contributed by atoms with Gasteiger partial charge in [-0.15, -0.1) is 0 Å². The van der Waals surface area contributed by atoms with Crippen LogP contribution < -0.4 is 5.73 Å². The quantitative estimate of drug-likeness (QED) is 0.0540. The van der Waals surface area contributed by atoms with Gasteiger partial charge in [-0.1, -0.05) is 25.7 Å². The number of aliphatic hydroxyl groups excluding tert-OH is 13. The van der Waals surface area contributed by atoms with Gasteiger partial charge in [0.05, 0.1) is 26.4 Å². The van der Waals surface area contributed by atoms with E-state index in [1.165, 1.54) is 0 Å². The highest BCUT2D eigenvalue weighted by molar-refractivity contribution is 4.96. The molecule has 0 aromatic rings. The van der Waals surface area contributed by atoms with Crippen LogP contribution >= 0.6 is 0 Å². The Morgan fingerprint density at radius 2 is 0.778 bits per heavy atom. The van der Waals surface area contributed by atoms with Gasteiger partial charge in [0.1, 0.15) is 97.7 Å². The maximum absolute atomic E-state index is 11.2. The molecule has 0 unspecified atom stereocenters. The highest BCUT2D eigenvalue weighted by Crippen LogP contribution is 2.32. The molecule has 0 saturated carbocycles. The highest BCUT2D eigenvalue weighted by atomic mass is 16.8. The maximum Gasteiger partial charge on any atom is 0.187 e. The lowest BCUT2D eigenvalue weighted by atomic mass is 9.97. The van der Waals surface area contributed by atoms with Crippen LogP contribution in [0, 0.1) is 0 Å². The van der Waals surface area contributed by atoms with E-state index in [-0.39, 0.29) is 6.61 Å². The standard InChI is InChI=1S/C32H59NO21/c33-7-5-3-1-2-4-6-8-47-29-25(44)23(42)19(38)15(52-29)12-49-32-28(54-31-27(46)22(41)18(37)14(10-35)51-31)24(43)20(39)16(53-32)11-48-30-26(45)21(40)17(36)13(9-34)50-30/h13-32,34-46H,1-12,33H2/t13-,14-,15-,16-,17-,18-,19-,20-,21+,22+,23+,24+,25+,26+,27+,28+,29+,30+,31-,32+/m1/s1. The third kappa shape index (κ3) is 11.2. The molecular weight excluding hydrogens is 734 g/mol. The first-order chi connectivity index (χ1) is 25.7. The highest BCUT2D eigenvalue weighted by Gasteiger charge is 2.53. The molecule has 0 amide bonds. The fourth-order valence-electron chi connectivity index (χ4n) is 6.59. The van der Waals surface area contributed by atoms with Crippen LogP contribution in [0.2, 0.25) is 0 Å². The molecule has 4 saturated heterocycles. The lowest BCUT2D eigenvalue weighted by Gasteiger charge is -2.47. The second-order valence-corrected chi connectivity index (χ2v) is 14.0. The molecule has 22 heteroatoms. The summed E-state index contributed by atoms with van der Waals surface area (Å²) >= 11 is 0. The molecule has 54 heavy (non-hydrogen) atoms. The Morgan fingerprint density at radius 3 is 1.31 bits per heavy atom. The molecule has 22 nitrogen and oxygen atoms in total. The molecule has 318 valence electrons. The zero-order valence-electron chi connectivity index (χ0n) is 29.7. The van der Waals surface area contributed by atoms with Crippen molar-refractivity contribution in [2.75, 3.05) is 39.6 Å². The Labute approximate surface area is 311 Å². The first-order valence-corrected chi connectivity index (χ1v) is 18.3. The summed E-state index contributed by atoms with van der Waals surface area (Å²) in [5.74, 6) is 0. The van der Waals surface area contributed by atoms with Gasteiger partial charge >= 0.3 is 0 Å². The first-order valence-electron chi connectivity index (χ1n) is 18.3. The molecule has 0 aromatic carbocycles. The minimum absolute atomic E-state index is 0.163. The molecule has 20 atom stereocenters. The average molecular weight is 794 g/mol. The van der Waals surface area contributed by atoms with Crippen LogP contribution in [0.15, 0.2) is 0 Å². The molecule has 0 aromatic heterocycles. The molecule has 4 rings (SSSR count). The van der Waals surface area contributed by atoms with Crippen molar-refractivity contribution in [3.8, 4) is 0 Å². The molecule has 4 fully saturated rings. The van der Waals surface area contributed by atoms with Gasteiger partial charge < -0.3 is 110 Å². The van der Waals surface area contributed by atoms with E-state index >= 15 is 0 Å². The van der Waals surface area contributed by atoms with Gasteiger partial charge in [0.15, 0.2) is 25.2 Å². The normalized spacial score (nSPS) is 46.1. The average Bonchev–Trinajstić information content (AvgIpc) is 3.16. The second kappa shape index (κ2) is 21.8. The van der Waals surface area contributed by atoms with E-state index in [9.17, 15) is 66.4 Å². The largest absolute Gasteiger partial charge is 0.394 e. The second-order valence-electron chi connectivity index (χ2n) is 14.0. The van der Waals surface area contributed by atoms with Crippen molar-refractivity contribution in [1.82, 2.24) is 0 Å². The molecule has 15 N–H and O–H groups in total. The lowest BCUT2D eigenvalue weighted by Crippen LogP contribution is -2.65. The molecule has 4 aliphatic rings. The summed E-state index contributed by atoms with van der Waals surface area (Å²) in [6.07, 6.45) is -28.5. The van der Waals surface area contributed by atoms with E-state index in [2.05, 4.69) is 0 Å². The predicted molar refractivity (Wildman–Crippen MR) is 174 cm³/mol. The molecule has 4 heterocycles. The third-order valence-corrected chi connectivity index (χ3v) is 10.0. The van der Waals surface area contributed by atoms with E-state index in [1.54, 1.807) is 0 Å². The zero-order valence-corrected chi connectivity index (χ0v) is 29.7. The SMILES string of the molecule is NCCCCCCCCO[C@H]1O[C@H](CO[C@H]2O[C@H](CO[C@H]3O[C@H](CO)[C@@H](O)[C@H](O)[C@@H]3O)[C@@H](O)[C@H](O)[C@@H]2O[C@H]2O[C@H](CO)[C@@H](O)[C@H](O)[C@@H]2O)[C@@H](O)[C@H](O)[C@@H]1O. The molecule has 0 aliphatic carbocycles. The van der Waals surface area contributed by atoms with Gasteiger partial charge in [-0.3, -0.25) is 0 Å². The number of unbranched alkanes of at least 4 members (excludes halogenated alkanes) is 5. The van der Waals surface area contributed by atoms with Crippen LogP contribution in [0.5, 0.6) is 0 Å². The Kier molecular flexibility index (Phi) is 18.5. The van der Waals surface area contributed by atoms with Gasteiger partial charge in [0.25, 0.3) is 0 Å². The van der Waals surface area contributed by atoms with Crippen molar-refractivity contribution >= 4 is 0 Å². The topological polar surface area (TPSA) is 363 Å². The van der Waals surface area contributed by atoms with Crippen molar-refractivity contribution in [2.24, 2.45) is 5.73 Å². The number of ether oxygens (including phenoxy) is 8. The van der Waals surface area contributed by atoms with Gasteiger partial charge in [-0.05, 0) is 19.4 Å². The van der Waals surface area contributed by atoms with Gasteiger partial charge in [0, 0.05) is 6.61 Å². The fraction of sp³-hybridized carbons (Fsp3) is 1.00. The van der Waals surface area contributed by atoms with Crippen molar-refractivity contribution < 1.29 is 104 Å². The van der Waals surface area contributed by atoms with Crippen LogP contribution in [0.1, 0.15) is 38.5 Å². The summed E-state index contributed by atoms with van der Waals surface area (Å²) in [5, 5.41) is 135. The predicted octanol–water partition coefficient (Wildman–Crippen LogP) is -7.43. The van der Waals surface area contributed by atoms with E-state index < -0.39 is 149 Å². The van der Waals surface area contributed by atoms with Crippen molar-refractivity contribution in [3.05, 3.63) is 0 Å². The summed E-state index contributed by atoms with van der Waals surface area (Å²) < 4.78 is 45.0. The van der Waals surface area contributed by atoms with Gasteiger partial charge in [0.2, 0.25) is 0 Å². The Bertz CT molecular complexity index is 1060. The molecule has 4 aliphatic heterocycles. The van der Waals surface area contributed by atoms with Crippen LogP contribution in [0.4, 0.5) is 0 Å². The summed E-state index contributed by atoms with van der Waals surface area (Å²) in [7, 11) is 0. The molecular formula is C32H59NO21. The Hall–Kier alpha value is -0.880. The molecule has 0 radical (unpaired) electrons. The number of nitrogens with two attached hydrogens (primary N) is 1. The summed E-state index contributed by atoms with van der Waals surface area (Å²) in [5.41, 5.74) is 5.51. The van der Waals surface area contributed by atoms with Gasteiger partial charge in [-0.2, -0.15) is 0 Å². The smallest absolute Gasteiger partial charge is 0.187 e. The van der Waals surface area contributed by atoms with E-state index in [0.29, 0.717) is 13.0 Å². The van der Waals surface area contributed by atoms with Crippen molar-refractivity contribution in [1.29, 1.82) is 0 Å². The number of hydrogen-bond donors (Lipinski definition) is 14. The van der Waals surface area contributed by atoms with Crippen LogP contribution in [0.25, 0.3) is 0 Å². The first kappa shape index (κ1) is 45.8. The van der Waals surface area contributed by atoms with Gasteiger partial charge in [-0.25, -0.2) is 0 Å². The molecule has 0 bridgehead atoms. The fourth-order valence-corrected chi connectivity index (χ4v) is 6.59. The Morgan fingerprint density at radius 1 is 0.389 bits per heavy atom. The van der Waals surface area contributed by atoms with E-state index in [4.69, 9.17) is 43.6 Å². The van der Waals surface area contributed by atoms with Crippen LogP contribution in [-0.4, -0.2) is 229 Å². The Balaban J connectivity index is 1.45. The number of rotatable bonds is 19. The summed E-state index contributed by atoms with van der Waals surface area (Å²) in [6.45, 7) is -2.08. The lowest BCUT2D eigenvalue weighted by molar-refractivity contribution is -0.377. The number of hydrogen-bond acceptors (Lipinski definition) is 22. The maximum atomic E-state index is 11.2. The van der Waals surface area contributed by atoms with Crippen molar-refractivity contribution in [2.45, 2.75) is 161 Å². The van der Waals surface area contributed by atoms with E-state index in [0.717, 1.165) is 32.1 Å². The number of aliphatic hydroxyl groups is 13. The van der Waals surface area contributed by atoms with Crippen LogP contribution in [0.3, 0.4) is 0 Å². The molecule has 0 spiro atoms. The third-order valence-electron chi connectivity index (χ3n) is 10.0. The monoisotopic (exact) mass is 793 g/mol. The minimum atomic E-state index is -1.96. The van der Waals surface area contributed by atoms with E-state index in [1.807, 2.05) is 0 Å².